The number of anilines is 1. The van der Waals surface area contributed by atoms with Crippen molar-refractivity contribution in [2.24, 2.45) is 0 Å². The third-order valence-corrected chi connectivity index (χ3v) is 5.34. The van der Waals surface area contributed by atoms with Crippen molar-refractivity contribution in [2.45, 2.75) is 36.5 Å². The summed E-state index contributed by atoms with van der Waals surface area (Å²) >= 11 is 1.76. The van der Waals surface area contributed by atoms with E-state index in [2.05, 4.69) is 12.2 Å². The molecule has 0 spiro atoms. The van der Waals surface area contributed by atoms with Gasteiger partial charge in [-0.1, -0.05) is 31.2 Å². The molecule has 1 aliphatic rings. The van der Waals surface area contributed by atoms with Crippen molar-refractivity contribution < 1.29 is 14.0 Å². The average molecular weight is 372 g/mol. The van der Waals surface area contributed by atoms with Gasteiger partial charge in [-0.25, -0.2) is 4.39 Å². The Morgan fingerprint density at radius 1 is 1.15 bits per heavy atom. The number of hydrogen-bond donors (Lipinski definition) is 1. The molecule has 1 heterocycles. The lowest BCUT2D eigenvalue weighted by Gasteiger charge is -2.32. The zero-order valence-electron chi connectivity index (χ0n) is 14.6. The zero-order chi connectivity index (χ0) is 18.5. The summed E-state index contributed by atoms with van der Waals surface area (Å²) in [6.07, 6.45) is 0.307. The van der Waals surface area contributed by atoms with Crippen LogP contribution in [0.15, 0.2) is 53.4 Å². The summed E-state index contributed by atoms with van der Waals surface area (Å²) in [5.74, 6) is -0.531. The molecule has 0 aromatic heterocycles. The van der Waals surface area contributed by atoms with E-state index < -0.39 is 0 Å². The van der Waals surface area contributed by atoms with E-state index in [-0.39, 0.29) is 30.5 Å². The van der Waals surface area contributed by atoms with E-state index in [4.69, 9.17) is 0 Å². The first-order chi connectivity index (χ1) is 12.5. The van der Waals surface area contributed by atoms with Crippen molar-refractivity contribution in [1.82, 2.24) is 5.32 Å². The highest BCUT2D eigenvalue weighted by molar-refractivity contribution is 8.00. The first-order valence-electron chi connectivity index (χ1n) is 8.60. The Morgan fingerprint density at radius 3 is 2.65 bits per heavy atom. The minimum Gasteiger partial charge on any atom is -0.352 e. The van der Waals surface area contributed by atoms with Crippen LogP contribution in [0.2, 0.25) is 0 Å². The second kappa shape index (κ2) is 8.36. The van der Waals surface area contributed by atoms with Crippen LogP contribution in [0.1, 0.15) is 25.3 Å². The van der Waals surface area contributed by atoms with E-state index in [9.17, 15) is 14.0 Å². The van der Waals surface area contributed by atoms with E-state index >= 15 is 0 Å². The molecule has 0 saturated carbocycles. The molecular weight excluding hydrogens is 351 g/mol. The second-order valence-electron chi connectivity index (χ2n) is 6.30. The Balaban J connectivity index is 1.52. The third kappa shape index (κ3) is 4.64. The number of benzene rings is 2. The Hall–Kier alpha value is -2.34. The minimum absolute atomic E-state index is 0.0402. The fraction of sp³-hybridized carbons (Fsp3) is 0.300. The van der Waals surface area contributed by atoms with Crippen molar-refractivity contribution in [3.05, 3.63) is 59.9 Å². The highest BCUT2D eigenvalue weighted by Crippen LogP contribution is 2.38. The van der Waals surface area contributed by atoms with E-state index in [0.717, 1.165) is 16.1 Å². The molecule has 0 bridgehead atoms. The number of halogens is 1. The van der Waals surface area contributed by atoms with E-state index in [1.807, 2.05) is 24.3 Å². The van der Waals surface area contributed by atoms with Crippen LogP contribution in [0.3, 0.4) is 0 Å². The molecule has 1 atom stereocenters. The molecule has 0 fully saturated rings. The van der Waals surface area contributed by atoms with Crippen molar-refractivity contribution in [3.8, 4) is 0 Å². The van der Waals surface area contributed by atoms with Crippen LogP contribution in [0.5, 0.6) is 0 Å². The van der Waals surface area contributed by atoms with Crippen LogP contribution in [0.4, 0.5) is 10.1 Å². The maximum Gasteiger partial charge on any atom is 0.227 e. The van der Waals surface area contributed by atoms with Gasteiger partial charge in [0.05, 0.1) is 5.69 Å². The smallest absolute Gasteiger partial charge is 0.227 e. The molecule has 2 amide bonds. The van der Waals surface area contributed by atoms with Crippen LogP contribution in [-0.2, 0) is 16.1 Å². The lowest BCUT2D eigenvalue weighted by Crippen LogP contribution is -2.39. The summed E-state index contributed by atoms with van der Waals surface area (Å²) in [6.45, 7) is 3.07. The highest BCUT2D eigenvalue weighted by atomic mass is 32.2. The van der Waals surface area contributed by atoms with Crippen LogP contribution in [-0.4, -0.2) is 23.6 Å². The Morgan fingerprint density at radius 2 is 1.88 bits per heavy atom. The Labute approximate surface area is 156 Å². The van der Waals surface area contributed by atoms with Gasteiger partial charge in [0.2, 0.25) is 11.8 Å². The molecule has 4 nitrogen and oxygen atoms in total. The predicted octanol–water partition coefficient (Wildman–Crippen LogP) is 3.75. The molecule has 0 saturated heterocycles. The van der Waals surface area contributed by atoms with Gasteiger partial charge in [0.25, 0.3) is 0 Å². The number of rotatable bonds is 5. The third-order valence-electron chi connectivity index (χ3n) is 4.19. The molecule has 2 aromatic carbocycles. The summed E-state index contributed by atoms with van der Waals surface area (Å²) in [6, 6.07) is 13.8. The highest BCUT2D eigenvalue weighted by Gasteiger charge is 2.26. The van der Waals surface area contributed by atoms with Crippen molar-refractivity contribution >= 4 is 29.3 Å². The number of para-hydroxylation sites is 1. The number of hydrogen-bond acceptors (Lipinski definition) is 3. The quantitative estimate of drug-likeness (QED) is 0.870. The van der Waals surface area contributed by atoms with Gasteiger partial charge in [-0.15, -0.1) is 11.8 Å². The maximum atomic E-state index is 12.9. The van der Waals surface area contributed by atoms with Crippen molar-refractivity contribution in [3.63, 3.8) is 0 Å². The number of carbonyl (C=O) groups excluding carboxylic acids is 2. The maximum absolute atomic E-state index is 12.9. The van der Waals surface area contributed by atoms with Gasteiger partial charge in [0.15, 0.2) is 0 Å². The number of carbonyl (C=O) groups is 2. The number of nitrogens with zero attached hydrogens (tertiary/aromatic N) is 1. The number of amides is 2. The number of fused-ring (bicyclic) bond motifs is 1. The lowest BCUT2D eigenvalue weighted by molar-refractivity contribution is -0.125. The van der Waals surface area contributed by atoms with Gasteiger partial charge >= 0.3 is 0 Å². The first kappa shape index (κ1) is 18.5. The Kier molecular flexibility index (Phi) is 5.93. The van der Waals surface area contributed by atoms with Crippen LogP contribution in [0, 0.1) is 5.82 Å². The van der Waals surface area contributed by atoms with Gasteiger partial charge in [-0.3, -0.25) is 9.59 Å². The van der Waals surface area contributed by atoms with Crippen molar-refractivity contribution in [1.29, 1.82) is 0 Å². The molecule has 0 aliphatic carbocycles. The summed E-state index contributed by atoms with van der Waals surface area (Å²) in [5, 5.41) is 3.09. The van der Waals surface area contributed by atoms with Crippen LogP contribution < -0.4 is 10.2 Å². The zero-order valence-corrected chi connectivity index (χ0v) is 15.4. The summed E-state index contributed by atoms with van der Waals surface area (Å²) in [5.41, 5.74) is 1.74. The fourth-order valence-electron chi connectivity index (χ4n) is 2.87. The number of thioether (sulfide) groups is 1. The number of nitrogens with one attached hydrogen (secondary N) is 1. The van der Waals surface area contributed by atoms with E-state index in [1.54, 1.807) is 28.8 Å². The van der Waals surface area contributed by atoms with Gasteiger partial charge in [-0.05, 0) is 29.8 Å². The fourth-order valence-corrected chi connectivity index (χ4v) is 3.99. The summed E-state index contributed by atoms with van der Waals surface area (Å²) in [4.78, 5) is 27.5. The standard InChI is InChI=1S/C20H21FN2O2S/c1-14-13-23(17-4-2-3-5-18(17)26-14)20(25)11-10-19(24)22-12-15-6-8-16(21)9-7-15/h2-9,14H,10-13H2,1H3,(H,22,24)/t14-/m0/s1. The topological polar surface area (TPSA) is 49.4 Å². The minimum atomic E-state index is -0.306. The second-order valence-corrected chi connectivity index (χ2v) is 7.78. The SMILES string of the molecule is C[C@H]1CN(C(=O)CCC(=O)NCc2ccc(F)cc2)c2ccccc2S1. The predicted molar refractivity (Wildman–Crippen MR) is 102 cm³/mol. The summed E-state index contributed by atoms with van der Waals surface area (Å²) < 4.78 is 12.9. The van der Waals surface area contributed by atoms with Gasteiger partial charge < -0.3 is 10.2 Å². The largest absolute Gasteiger partial charge is 0.352 e. The van der Waals surface area contributed by atoms with Crippen LogP contribution >= 0.6 is 11.8 Å². The van der Waals surface area contributed by atoms with Gasteiger partial charge in [0.1, 0.15) is 5.82 Å². The van der Waals surface area contributed by atoms with Gasteiger partial charge in [-0.2, -0.15) is 0 Å². The normalized spacial score (nSPS) is 16.1. The van der Waals surface area contributed by atoms with Crippen LogP contribution in [0.25, 0.3) is 0 Å². The van der Waals surface area contributed by atoms with Crippen molar-refractivity contribution in [2.75, 3.05) is 11.4 Å². The molecule has 6 heteroatoms. The molecule has 3 rings (SSSR count). The average Bonchev–Trinajstić information content (AvgIpc) is 2.65. The molecule has 136 valence electrons. The van der Waals surface area contributed by atoms with Gasteiger partial charge in [0, 0.05) is 36.1 Å². The monoisotopic (exact) mass is 372 g/mol. The van der Waals surface area contributed by atoms with E-state index in [0.29, 0.717) is 18.3 Å². The molecular formula is C20H21FN2O2S. The molecule has 0 unspecified atom stereocenters. The molecule has 26 heavy (non-hydrogen) atoms. The molecule has 0 radical (unpaired) electrons. The lowest BCUT2D eigenvalue weighted by atomic mass is 10.2. The Bertz CT molecular complexity index is 795. The van der Waals surface area contributed by atoms with E-state index in [1.165, 1.54) is 12.1 Å². The summed E-state index contributed by atoms with van der Waals surface area (Å²) in [7, 11) is 0. The first-order valence-corrected chi connectivity index (χ1v) is 9.48. The molecule has 2 aromatic rings. The molecule has 1 N–H and O–H groups in total. The molecule has 1 aliphatic heterocycles.